The van der Waals surface area contributed by atoms with Crippen LogP contribution in [0.2, 0.25) is 0 Å². The van der Waals surface area contributed by atoms with E-state index >= 15 is 43.9 Å². The number of ether oxygens (including phenoxy) is 8. The van der Waals surface area contributed by atoms with Crippen molar-refractivity contribution in [2.45, 2.75) is 157 Å². The lowest BCUT2D eigenvalue weighted by molar-refractivity contribution is -0.610. The smallest absolute Gasteiger partial charge is 0.423 e. The summed E-state index contributed by atoms with van der Waals surface area (Å²) in [5, 5.41) is 19.5. The molecule has 0 radical (unpaired) electrons. The number of carbonyl (C=O) groups is 1. The zero-order chi connectivity index (χ0) is 82.1. The molecule has 1 aromatic rings. The summed E-state index contributed by atoms with van der Waals surface area (Å²) in [7, 11) is -4.05. The second kappa shape index (κ2) is 26.0. The highest BCUT2D eigenvalue weighted by Gasteiger charge is 2.94. The third kappa shape index (κ3) is 15.9. The topological polar surface area (TPSA) is 169 Å². The van der Waals surface area contributed by atoms with Crippen molar-refractivity contribution in [1.82, 2.24) is 0 Å². The maximum absolute atomic E-state index is 16.0. The van der Waals surface area contributed by atoms with E-state index in [0.29, 0.717) is 28.4 Å². The highest BCUT2D eigenvalue weighted by atomic mass is 19.5. The molecule has 0 bridgehead atoms. The van der Waals surface area contributed by atoms with Crippen LogP contribution in [0, 0.1) is 0 Å². The molecule has 8 unspecified atom stereocenters. The van der Waals surface area contributed by atoms with Crippen LogP contribution < -0.4 is 16.5 Å². The monoisotopic (exact) mass is 1640 g/mol. The number of nitrogens with one attached hydrogen (secondary N) is 1. The van der Waals surface area contributed by atoms with Gasteiger partial charge in [0, 0.05) is 11.3 Å². The average Bonchev–Trinajstić information content (AvgIpc) is 0.711. The van der Waals surface area contributed by atoms with Gasteiger partial charge in [-0.2, -0.15) is 233 Å². The molecule has 0 aliphatic heterocycles. The van der Waals surface area contributed by atoms with Crippen LogP contribution in [0.15, 0.2) is 18.2 Å². The van der Waals surface area contributed by atoms with Gasteiger partial charge in [-0.1, -0.05) is 12.1 Å². The largest absolute Gasteiger partial charge is 0.489 e. The van der Waals surface area contributed by atoms with Gasteiger partial charge in [-0.15, -0.1) is 0 Å². The third-order valence-electron chi connectivity index (χ3n) is 10.6. The van der Waals surface area contributed by atoms with Crippen molar-refractivity contribution in [2.75, 3.05) is 11.9 Å². The summed E-state index contributed by atoms with van der Waals surface area (Å²) in [6.07, 6.45) is -162. The van der Waals surface area contributed by atoms with Crippen molar-refractivity contribution < 1.29 is 285 Å². The molecule has 596 valence electrons. The minimum absolute atomic E-state index is 0.0447. The molecule has 8 atom stereocenters. The van der Waals surface area contributed by atoms with Crippen LogP contribution in [0.5, 0.6) is 0 Å². The number of hydrogen-bond donors (Lipinski definition) is 4. The summed E-state index contributed by atoms with van der Waals surface area (Å²) in [5.74, 6) is -88.8. The van der Waals surface area contributed by atoms with Gasteiger partial charge in [0.1, 0.15) is 0 Å². The van der Waals surface area contributed by atoms with Crippen molar-refractivity contribution >= 4 is 24.2 Å². The first-order valence-electron chi connectivity index (χ1n) is 21.8. The van der Waals surface area contributed by atoms with Gasteiger partial charge in [0.15, 0.2) is 0 Å². The first-order chi connectivity index (χ1) is 43.2. The Morgan fingerprint density at radius 3 is 0.673 bits per heavy atom. The number of anilines is 1. The number of amides is 1. The number of alkyl halides is 53. The van der Waals surface area contributed by atoms with Crippen LogP contribution in [0.1, 0.15) is 5.56 Å². The van der Waals surface area contributed by atoms with E-state index in [1.807, 2.05) is 4.74 Å². The van der Waals surface area contributed by atoms with Gasteiger partial charge >= 0.3 is 164 Å². The molecule has 67 heteroatoms. The Labute approximate surface area is 509 Å². The molecule has 101 heavy (non-hydrogen) atoms. The van der Waals surface area contributed by atoms with Crippen molar-refractivity contribution in [2.24, 2.45) is 5.73 Å². The molecule has 5 N–H and O–H groups in total. The predicted octanol–water partition coefficient (Wildman–Crippen LogP) is 14.6. The molecule has 0 spiro atoms. The Hall–Kier alpha value is -5.40. The first-order valence-corrected chi connectivity index (χ1v) is 21.8. The predicted molar refractivity (Wildman–Crippen MR) is 191 cm³/mol. The van der Waals surface area contributed by atoms with Gasteiger partial charge in [-0.05, 0) is 11.5 Å². The Kier molecular flexibility index (Phi) is 24.1. The molecule has 0 saturated heterocycles. The lowest BCUT2D eigenvalue weighted by Crippen LogP contribution is -2.74. The Balaban J connectivity index is 4.55. The normalized spacial score (nSPS) is 20.1. The molecule has 0 aromatic heterocycles. The first kappa shape index (κ1) is 93.6. The fourth-order valence-corrected chi connectivity index (χ4v) is 5.78. The van der Waals surface area contributed by atoms with E-state index in [0.717, 1.165) is 10.1 Å². The number of benzene rings is 1. The number of rotatable bonds is 28. The number of hydrogen-bond acceptors (Lipinski definition) is 12. The van der Waals surface area contributed by atoms with E-state index in [4.69, 9.17) is 0 Å². The maximum atomic E-state index is 16.0. The summed E-state index contributed by atoms with van der Waals surface area (Å²) < 4.78 is 756. The molecular formula is C34H10BF53N2O11. The summed E-state index contributed by atoms with van der Waals surface area (Å²) >= 11 is 0. The maximum Gasteiger partial charge on any atom is 0.489 e. The SMILES string of the molecule is NCC(=O)Nc1cccc(B(O)O)c1C(F)(OC(F)(F)C(F)(OC(F)(F)C(F)(OC(F)(F)C(F)(OC(F)(F)C(F)(OC(F)(F)C(F)(OC(F)(F)C(F)(OC(F)(F)C(F)(OC(F)(F)C(F)(F)C(F)(F)F)C(F)(F)F)C(F)(F)F)C(F)(F)F)C(F)(F)F)C(F)(F)F)C(F)(F)F)C(F)(F)F)C(F)(F)F. The summed E-state index contributed by atoms with van der Waals surface area (Å²) in [4.78, 5) is 11.7. The van der Waals surface area contributed by atoms with Crippen LogP contribution in [0.3, 0.4) is 0 Å². The van der Waals surface area contributed by atoms with E-state index in [2.05, 4.69) is 5.73 Å². The number of halogens is 53. The van der Waals surface area contributed by atoms with E-state index in [1.54, 1.807) is 0 Å². The van der Waals surface area contributed by atoms with Crippen LogP contribution in [0.25, 0.3) is 0 Å². The molecule has 0 fully saturated rings. The molecular weight excluding hydrogens is 1630 g/mol. The van der Waals surface area contributed by atoms with Gasteiger partial charge in [0.25, 0.3) is 0 Å². The number of carbonyl (C=O) groups excluding carboxylic acids is 1. The Bertz CT molecular complexity index is 3060. The van der Waals surface area contributed by atoms with Crippen LogP contribution in [-0.2, 0) is 48.5 Å². The van der Waals surface area contributed by atoms with Gasteiger partial charge < -0.3 is 21.1 Å². The molecule has 0 saturated carbocycles. The second-order valence-electron chi connectivity index (χ2n) is 17.7. The van der Waals surface area contributed by atoms with Crippen molar-refractivity contribution in [3.63, 3.8) is 0 Å². The van der Waals surface area contributed by atoms with Crippen molar-refractivity contribution in [3.05, 3.63) is 23.8 Å². The van der Waals surface area contributed by atoms with E-state index < -0.39 is 206 Å². The molecule has 1 amide bonds. The fourth-order valence-electron chi connectivity index (χ4n) is 5.78. The zero-order valence-corrected chi connectivity index (χ0v) is 43.7. The van der Waals surface area contributed by atoms with Crippen molar-refractivity contribution in [3.8, 4) is 0 Å². The summed E-state index contributed by atoms with van der Waals surface area (Å²) in [6, 6.07) is -0.966. The Morgan fingerprint density at radius 1 is 0.307 bits per heavy atom. The van der Waals surface area contributed by atoms with E-state index in [-0.39, 0.29) is 6.07 Å². The summed E-state index contributed by atoms with van der Waals surface area (Å²) in [5.41, 5.74) is -3.95. The quantitative estimate of drug-likeness (QED) is 0.0463. The second-order valence-corrected chi connectivity index (χ2v) is 17.7. The van der Waals surface area contributed by atoms with Crippen molar-refractivity contribution in [1.29, 1.82) is 0 Å². The van der Waals surface area contributed by atoms with E-state index in [9.17, 15) is 204 Å². The standard InChI is InChI=1S/C34H10BF53N2O11/c36-9(18(46,47)48,8-5(35(92)93)2-1-3-6(8)90-7(91)4-89)94-28(75,76)11(39,20(52,53)54)96-30(79,80)13(41,22(58,59)60)98-32(83,84)15(43,24(64,65)66)100-34(87,88)17(45,26(70,71)72)101-33(85,86)16(44,25(67,68)69)99-31(81,82)14(42,23(61,62)63)97-29(77,78)12(40,21(55,56)57)95-27(73,74)10(37,38)19(49,50)51/h1-3,92-93H,4,89H2,(H,90,91). The molecule has 13 nitrogen and oxygen atoms in total. The molecule has 0 aliphatic carbocycles. The lowest BCUT2D eigenvalue weighted by Gasteiger charge is -2.45. The molecule has 1 rings (SSSR count). The number of nitrogens with two attached hydrogens (primary N) is 1. The van der Waals surface area contributed by atoms with Gasteiger partial charge in [-0.3, -0.25) is 42.7 Å². The minimum atomic E-state index is -10.4. The van der Waals surface area contributed by atoms with Crippen LogP contribution in [0.4, 0.5) is 238 Å². The fraction of sp³-hybridized carbons (Fsp3) is 0.794. The van der Waals surface area contributed by atoms with Gasteiger partial charge in [0.05, 0.1) is 6.54 Å². The van der Waals surface area contributed by atoms with Crippen LogP contribution in [-0.4, -0.2) is 181 Å². The Morgan fingerprint density at radius 2 is 0.505 bits per heavy atom. The molecule has 0 aliphatic rings. The zero-order valence-electron chi connectivity index (χ0n) is 43.7. The highest BCUT2D eigenvalue weighted by Crippen LogP contribution is 2.66. The molecule has 1 aromatic carbocycles. The highest BCUT2D eigenvalue weighted by molar-refractivity contribution is 6.59. The van der Waals surface area contributed by atoms with Gasteiger partial charge in [-0.25, -0.2) is 0 Å². The van der Waals surface area contributed by atoms with E-state index in [1.165, 1.54) is 0 Å². The molecule has 0 heterocycles. The van der Waals surface area contributed by atoms with Crippen LogP contribution >= 0.6 is 0 Å². The van der Waals surface area contributed by atoms with Gasteiger partial charge in [0.2, 0.25) is 5.91 Å². The summed E-state index contributed by atoms with van der Waals surface area (Å²) in [6.45, 7) is -1.70. The minimum Gasteiger partial charge on any atom is -0.423 e. The third-order valence-corrected chi connectivity index (χ3v) is 10.6. The lowest BCUT2D eigenvalue weighted by atomic mass is 9.74. The average molecular weight is 1640 g/mol.